The first-order valence-electron chi connectivity index (χ1n) is 7.73. The van der Waals surface area contributed by atoms with Crippen LogP contribution in [0.5, 0.6) is 0 Å². The van der Waals surface area contributed by atoms with Crippen LogP contribution in [0, 0.1) is 0 Å². The molecule has 6 heteroatoms. The normalized spacial score (nSPS) is 21.6. The lowest BCUT2D eigenvalue weighted by atomic mass is 10.0. The SMILES string of the molecule is C[C@H]1CN[C@H](c2ccc(-c3nc4[nH]ccc4c(=O)[nH]3)cc2)CO1. The molecule has 0 aliphatic carbocycles. The second-order valence-corrected chi connectivity index (χ2v) is 5.88. The Balaban J connectivity index is 1.63. The maximum absolute atomic E-state index is 12.0. The zero-order chi connectivity index (χ0) is 15.8. The van der Waals surface area contributed by atoms with Gasteiger partial charge in [-0.3, -0.25) is 4.79 Å². The van der Waals surface area contributed by atoms with Gasteiger partial charge in [-0.05, 0) is 18.6 Å². The number of morpholine rings is 1. The second kappa shape index (κ2) is 5.64. The zero-order valence-corrected chi connectivity index (χ0v) is 12.8. The highest BCUT2D eigenvalue weighted by molar-refractivity contribution is 5.76. The molecule has 1 saturated heterocycles. The van der Waals surface area contributed by atoms with E-state index in [-0.39, 0.29) is 17.7 Å². The largest absolute Gasteiger partial charge is 0.375 e. The predicted molar refractivity (Wildman–Crippen MR) is 88.3 cm³/mol. The number of ether oxygens (including phenoxy) is 1. The van der Waals surface area contributed by atoms with Gasteiger partial charge >= 0.3 is 0 Å². The maximum atomic E-state index is 12.0. The number of aromatic amines is 2. The van der Waals surface area contributed by atoms with Crippen LogP contribution in [0.2, 0.25) is 0 Å². The highest BCUT2D eigenvalue weighted by Gasteiger charge is 2.19. The lowest BCUT2D eigenvalue weighted by Crippen LogP contribution is -2.39. The van der Waals surface area contributed by atoms with E-state index in [1.807, 2.05) is 24.3 Å². The summed E-state index contributed by atoms with van der Waals surface area (Å²) in [6.07, 6.45) is 1.97. The van der Waals surface area contributed by atoms with Gasteiger partial charge < -0.3 is 20.0 Å². The smallest absolute Gasteiger partial charge is 0.260 e. The van der Waals surface area contributed by atoms with Gasteiger partial charge in [-0.2, -0.15) is 0 Å². The molecule has 2 aromatic heterocycles. The summed E-state index contributed by atoms with van der Waals surface area (Å²) in [5.74, 6) is 0.568. The van der Waals surface area contributed by atoms with Crippen molar-refractivity contribution in [2.24, 2.45) is 0 Å². The summed E-state index contributed by atoms with van der Waals surface area (Å²) in [6.45, 7) is 3.58. The number of nitrogens with zero attached hydrogens (tertiary/aromatic N) is 1. The van der Waals surface area contributed by atoms with Crippen LogP contribution in [-0.4, -0.2) is 34.2 Å². The average Bonchev–Trinajstić information content (AvgIpc) is 3.05. The summed E-state index contributed by atoms with van der Waals surface area (Å²) in [6, 6.07) is 9.97. The molecule has 3 N–H and O–H groups in total. The van der Waals surface area contributed by atoms with E-state index in [1.54, 1.807) is 12.3 Å². The average molecular weight is 310 g/mol. The number of H-pyrrole nitrogens is 2. The van der Waals surface area contributed by atoms with Crippen LogP contribution in [0.25, 0.3) is 22.4 Å². The topological polar surface area (TPSA) is 82.8 Å². The summed E-state index contributed by atoms with van der Waals surface area (Å²) >= 11 is 0. The van der Waals surface area contributed by atoms with E-state index in [4.69, 9.17) is 4.74 Å². The number of rotatable bonds is 2. The molecule has 6 nitrogen and oxygen atoms in total. The molecule has 23 heavy (non-hydrogen) atoms. The van der Waals surface area contributed by atoms with E-state index in [1.165, 1.54) is 5.56 Å². The van der Waals surface area contributed by atoms with Crippen molar-refractivity contribution in [3.05, 3.63) is 52.4 Å². The highest BCUT2D eigenvalue weighted by atomic mass is 16.5. The minimum absolute atomic E-state index is 0.133. The molecule has 2 atom stereocenters. The minimum Gasteiger partial charge on any atom is -0.375 e. The Morgan fingerprint density at radius 3 is 2.78 bits per heavy atom. The fraction of sp³-hybridized carbons (Fsp3) is 0.294. The number of hydrogen-bond acceptors (Lipinski definition) is 4. The van der Waals surface area contributed by atoms with E-state index in [9.17, 15) is 4.79 Å². The Morgan fingerprint density at radius 2 is 2.04 bits per heavy atom. The first-order chi connectivity index (χ1) is 11.2. The number of benzene rings is 1. The standard InChI is InChI=1S/C17H18N4O2/c1-10-8-19-14(9-23-10)11-2-4-12(5-3-11)15-20-16-13(6-7-18-16)17(22)21-15/h2-7,10,14,19H,8-9H2,1H3,(H2,18,20,21,22)/t10-,14-/m0/s1. The van der Waals surface area contributed by atoms with Crippen LogP contribution >= 0.6 is 0 Å². The molecule has 1 fully saturated rings. The second-order valence-electron chi connectivity index (χ2n) is 5.88. The molecule has 3 aromatic rings. The summed E-state index contributed by atoms with van der Waals surface area (Å²) in [4.78, 5) is 22.3. The third kappa shape index (κ3) is 2.67. The van der Waals surface area contributed by atoms with Crippen molar-refractivity contribution in [1.29, 1.82) is 0 Å². The summed E-state index contributed by atoms with van der Waals surface area (Å²) < 4.78 is 5.69. The van der Waals surface area contributed by atoms with Crippen molar-refractivity contribution < 1.29 is 4.74 Å². The van der Waals surface area contributed by atoms with Gasteiger partial charge in [0.15, 0.2) is 0 Å². The van der Waals surface area contributed by atoms with Crippen LogP contribution < -0.4 is 10.9 Å². The molecule has 4 rings (SSSR count). The Labute approximate surface area is 132 Å². The maximum Gasteiger partial charge on any atom is 0.260 e. The van der Waals surface area contributed by atoms with Crippen LogP contribution in [0.1, 0.15) is 18.5 Å². The van der Waals surface area contributed by atoms with Gasteiger partial charge in [0.05, 0.1) is 24.1 Å². The van der Waals surface area contributed by atoms with Crippen LogP contribution in [-0.2, 0) is 4.74 Å². The van der Waals surface area contributed by atoms with Gasteiger partial charge in [0.2, 0.25) is 0 Å². The van der Waals surface area contributed by atoms with Crippen molar-refractivity contribution in [2.45, 2.75) is 19.1 Å². The van der Waals surface area contributed by atoms with Crippen molar-refractivity contribution in [3.8, 4) is 11.4 Å². The monoisotopic (exact) mass is 310 g/mol. The van der Waals surface area contributed by atoms with Crippen LogP contribution in [0.15, 0.2) is 41.3 Å². The van der Waals surface area contributed by atoms with Gasteiger partial charge in [0, 0.05) is 18.3 Å². The van der Waals surface area contributed by atoms with E-state index in [0.29, 0.717) is 23.5 Å². The number of fused-ring (bicyclic) bond motifs is 1. The van der Waals surface area contributed by atoms with Gasteiger partial charge in [0.25, 0.3) is 5.56 Å². The molecule has 0 saturated carbocycles. The molecular weight excluding hydrogens is 292 g/mol. The van der Waals surface area contributed by atoms with E-state index in [2.05, 4.69) is 27.2 Å². The molecule has 1 aliphatic rings. The first kappa shape index (κ1) is 14.2. The number of aromatic nitrogens is 3. The van der Waals surface area contributed by atoms with E-state index in [0.717, 1.165) is 12.1 Å². The van der Waals surface area contributed by atoms with Crippen molar-refractivity contribution in [2.75, 3.05) is 13.2 Å². The number of hydrogen-bond donors (Lipinski definition) is 3. The van der Waals surface area contributed by atoms with Crippen molar-refractivity contribution in [3.63, 3.8) is 0 Å². The zero-order valence-electron chi connectivity index (χ0n) is 12.8. The molecule has 118 valence electrons. The van der Waals surface area contributed by atoms with Gasteiger partial charge in [-0.25, -0.2) is 4.98 Å². The Bertz CT molecular complexity index is 873. The Hall–Kier alpha value is -2.44. The molecule has 3 heterocycles. The lowest BCUT2D eigenvalue weighted by molar-refractivity contribution is 0.0149. The van der Waals surface area contributed by atoms with Gasteiger partial charge in [-0.1, -0.05) is 24.3 Å². The molecule has 1 aliphatic heterocycles. The highest BCUT2D eigenvalue weighted by Crippen LogP contribution is 2.22. The molecule has 0 unspecified atom stereocenters. The Kier molecular flexibility index (Phi) is 3.48. The fourth-order valence-corrected chi connectivity index (χ4v) is 2.86. The third-order valence-electron chi connectivity index (χ3n) is 4.21. The van der Waals surface area contributed by atoms with Gasteiger partial charge in [0.1, 0.15) is 11.5 Å². The van der Waals surface area contributed by atoms with E-state index < -0.39 is 0 Å². The molecule has 1 aromatic carbocycles. The first-order valence-corrected chi connectivity index (χ1v) is 7.73. The molecule has 0 spiro atoms. The minimum atomic E-state index is -0.133. The van der Waals surface area contributed by atoms with Crippen molar-refractivity contribution in [1.82, 2.24) is 20.3 Å². The molecule has 0 radical (unpaired) electrons. The molecule has 0 amide bonds. The number of nitrogens with one attached hydrogen (secondary N) is 3. The van der Waals surface area contributed by atoms with Crippen LogP contribution in [0.3, 0.4) is 0 Å². The third-order valence-corrected chi connectivity index (χ3v) is 4.21. The molecule has 0 bridgehead atoms. The predicted octanol–water partition coefficient (Wildman–Crippen LogP) is 1.97. The van der Waals surface area contributed by atoms with Crippen LogP contribution in [0.4, 0.5) is 0 Å². The quantitative estimate of drug-likeness (QED) is 0.676. The van der Waals surface area contributed by atoms with E-state index >= 15 is 0 Å². The Morgan fingerprint density at radius 1 is 1.22 bits per heavy atom. The van der Waals surface area contributed by atoms with Crippen molar-refractivity contribution >= 4 is 11.0 Å². The summed E-state index contributed by atoms with van der Waals surface area (Å²) in [7, 11) is 0. The summed E-state index contributed by atoms with van der Waals surface area (Å²) in [5.41, 5.74) is 2.52. The van der Waals surface area contributed by atoms with Gasteiger partial charge in [-0.15, -0.1) is 0 Å². The fourth-order valence-electron chi connectivity index (χ4n) is 2.86. The lowest BCUT2D eigenvalue weighted by Gasteiger charge is -2.28. The molecular formula is C17H18N4O2. The summed E-state index contributed by atoms with van der Waals surface area (Å²) in [5, 5.41) is 4.04.